The van der Waals surface area contributed by atoms with Gasteiger partial charge in [0.05, 0.1) is 6.20 Å². The highest BCUT2D eigenvalue weighted by molar-refractivity contribution is 5.93. The van der Waals surface area contributed by atoms with Crippen molar-refractivity contribution in [2.45, 2.75) is 20.3 Å². The number of aromatic amines is 1. The Morgan fingerprint density at radius 2 is 2.05 bits per heavy atom. The molecule has 2 aromatic heterocycles. The predicted octanol–water partition coefficient (Wildman–Crippen LogP) is 3.61. The number of hydrogen-bond donors (Lipinski definition) is 2. The molecule has 0 spiro atoms. The number of pyridine rings is 1. The van der Waals surface area contributed by atoms with Crippen molar-refractivity contribution in [1.29, 1.82) is 0 Å². The summed E-state index contributed by atoms with van der Waals surface area (Å²) in [5.74, 6) is 0.906. The van der Waals surface area contributed by atoms with E-state index >= 15 is 0 Å². The van der Waals surface area contributed by atoms with E-state index in [4.69, 9.17) is 0 Å². The van der Waals surface area contributed by atoms with Gasteiger partial charge in [-0.05, 0) is 29.0 Å². The summed E-state index contributed by atoms with van der Waals surface area (Å²) in [6.07, 6.45) is 5.91. The van der Waals surface area contributed by atoms with E-state index in [1.54, 1.807) is 12.4 Å². The van der Waals surface area contributed by atoms with E-state index in [-0.39, 0.29) is 5.91 Å². The summed E-state index contributed by atoms with van der Waals surface area (Å²) in [5, 5.41) is 11.7. The first-order chi connectivity index (χ1) is 10.6. The third kappa shape index (κ3) is 3.14. The zero-order valence-corrected chi connectivity index (χ0v) is 12.6. The zero-order chi connectivity index (χ0) is 15.5. The predicted molar refractivity (Wildman–Crippen MR) is 87.4 cm³/mol. The summed E-state index contributed by atoms with van der Waals surface area (Å²) in [4.78, 5) is 16.1. The number of nitrogens with one attached hydrogen (secondary N) is 2. The van der Waals surface area contributed by atoms with Crippen LogP contribution in [0, 0.1) is 5.92 Å². The van der Waals surface area contributed by atoms with Crippen LogP contribution in [0.2, 0.25) is 0 Å². The Bertz CT molecular complexity index is 794. The Kier molecular flexibility index (Phi) is 3.87. The molecule has 1 amide bonds. The van der Waals surface area contributed by atoms with Crippen molar-refractivity contribution in [2.24, 2.45) is 5.92 Å². The highest BCUT2D eigenvalue weighted by Crippen LogP contribution is 2.24. The monoisotopic (exact) mass is 294 g/mol. The third-order valence-corrected chi connectivity index (χ3v) is 3.41. The minimum absolute atomic E-state index is 0.00663. The number of hydrogen-bond acceptors (Lipinski definition) is 3. The molecule has 0 unspecified atom stereocenters. The molecule has 0 saturated heterocycles. The highest BCUT2D eigenvalue weighted by atomic mass is 16.1. The summed E-state index contributed by atoms with van der Waals surface area (Å²) in [6, 6.07) is 8.02. The molecule has 22 heavy (non-hydrogen) atoms. The molecule has 0 saturated carbocycles. The van der Waals surface area contributed by atoms with Crippen LogP contribution < -0.4 is 5.32 Å². The molecule has 1 aromatic carbocycles. The van der Waals surface area contributed by atoms with Crippen molar-refractivity contribution < 1.29 is 4.79 Å². The van der Waals surface area contributed by atoms with Gasteiger partial charge in [0.15, 0.2) is 0 Å². The van der Waals surface area contributed by atoms with E-state index in [1.165, 1.54) is 0 Å². The molecule has 5 heteroatoms. The number of amides is 1. The van der Waals surface area contributed by atoms with Gasteiger partial charge in [0.2, 0.25) is 5.91 Å². The van der Waals surface area contributed by atoms with E-state index in [9.17, 15) is 4.79 Å². The standard InChI is InChI=1S/C17H18N4O/c1-11(2)5-17(22)21-16-7-14-6-12(15-9-19-20-10-15)3-4-13(14)8-18-16/h3-4,6-11H,5H2,1-2H3,(H,19,20)(H,18,21,22). The van der Waals surface area contributed by atoms with Crippen LogP contribution in [0.25, 0.3) is 21.9 Å². The van der Waals surface area contributed by atoms with Gasteiger partial charge < -0.3 is 5.32 Å². The summed E-state index contributed by atoms with van der Waals surface area (Å²) < 4.78 is 0. The lowest BCUT2D eigenvalue weighted by atomic mass is 10.1. The van der Waals surface area contributed by atoms with Crippen molar-refractivity contribution in [1.82, 2.24) is 15.2 Å². The van der Waals surface area contributed by atoms with E-state index < -0.39 is 0 Å². The van der Waals surface area contributed by atoms with Gasteiger partial charge in [0, 0.05) is 29.8 Å². The SMILES string of the molecule is CC(C)CC(=O)Nc1cc2cc(-c3cn[nH]c3)ccc2cn1. The minimum atomic E-state index is -0.00663. The lowest BCUT2D eigenvalue weighted by molar-refractivity contribution is -0.116. The van der Waals surface area contributed by atoms with E-state index in [0.717, 1.165) is 21.9 Å². The normalized spacial score (nSPS) is 11.0. The average Bonchev–Trinajstić information content (AvgIpc) is 2.99. The number of benzene rings is 1. The average molecular weight is 294 g/mol. The molecule has 0 bridgehead atoms. The second kappa shape index (κ2) is 5.97. The molecule has 0 aliphatic heterocycles. The smallest absolute Gasteiger partial charge is 0.225 e. The Morgan fingerprint density at radius 1 is 1.18 bits per heavy atom. The Hall–Kier alpha value is -2.69. The summed E-state index contributed by atoms with van der Waals surface area (Å²) in [6.45, 7) is 4.04. The topological polar surface area (TPSA) is 70.7 Å². The Labute approximate surface area is 128 Å². The van der Waals surface area contributed by atoms with Gasteiger partial charge in [0.1, 0.15) is 5.82 Å². The number of carbonyl (C=O) groups excluding carboxylic acids is 1. The molecule has 0 fully saturated rings. The molecule has 2 heterocycles. The number of H-pyrrole nitrogens is 1. The molecule has 0 atom stereocenters. The molecule has 5 nitrogen and oxygen atoms in total. The van der Waals surface area contributed by atoms with Crippen molar-refractivity contribution in [3.05, 3.63) is 42.9 Å². The molecule has 0 radical (unpaired) electrons. The Morgan fingerprint density at radius 3 is 2.77 bits per heavy atom. The van der Waals surface area contributed by atoms with E-state index in [2.05, 4.69) is 26.6 Å². The van der Waals surface area contributed by atoms with Crippen LogP contribution in [0.1, 0.15) is 20.3 Å². The molecule has 2 N–H and O–H groups in total. The molecule has 3 aromatic rings. The fraction of sp³-hybridized carbons (Fsp3) is 0.235. The van der Waals surface area contributed by atoms with Crippen molar-refractivity contribution >= 4 is 22.5 Å². The first-order valence-electron chi connectivity index (χ1n) is 7.30. The first-order valence-corrected chi connectivity index (χ1v) is 7.30. The maximum Gasteiger partial charge on any atom is 0.225 e. The molecular formula is C17H18N4O. The molecule has 3 rings (SSSR count). The van der Waals surface area contributed by atoms with E-state index in [1.807, 2.05) is 38.2 Å². The van der Waals surface area contributed by atoms with Gasteiger partial charge in [-0.3, -0.25) is 9.89 Å². The van der Waals surface area contributed by atoms with Crippen LogP contribution in [0.5, 0.6) is 0 Å². The fourth-order valence-corrected chi connectivity index (χ4v) is 2.36. The van der Waals surface area contributed by atoms with E-state index in [0.29, 0.717) is 18.2 Å². The fourth-order valence-electron chi connectivity index (χ4n) is 2.36. The molecule has 112 valence electrons. The van der Waals surface area contributed by atoms with Gasteiger partial charge in [-0.15, -0.1) is 0 Å². The maximum absolute atomic E-state index is 11.8. The number of rotatable bonds is 4. The van der Waals surface area contributed by atoms with Crippen molar-refractivity contribution in [3.8, 4) is 11.1 Å². The van der Waals surface area contributed by atoms with Crippen LogP contribution in [0.4, 0.5) is 5.82 Å². The van der Waals surface area contributed by atoms with Crippen molar-refractivity contribution in [3.63, 3.8) is 0 Å². The van der Waals surface area contributed by atoms with Gasteiger partial charge in [0.25, 0.3) is 0 Å². The molecule has 0 aliphatic carbocycles. The van der Waals surface area contributed by atoms with Gasteiger partial charge in [-0.25, -0.2) is 4.98 Å². The van der Waals surface area contributed by atoms with Crippen LogP contribution in [-0.4, -0.2) is 21.1 Å². The summed E-state index contributed by atoms with van der Waals surface area (Å²) in [5.41, 5.74) is 2.11. The maximum atomic E-state index is 11.8. The Balaban J connectivity index is 1.89. The summed E-state index contributed by atoms with van der Waals surface area (Å²) >= 11 is 0. The van der Waals surface area contributed by atoms with Crippen molar-refractivity contribution in [2.75, 3.05) is 5.32 Å². The lowest BCUT2D eigenvalue weighted by Gasteiger charge is -2.08. The van der Waals surface area contributed by atoms with Gasteiger partial charge in [-0.2, -0.15) is 5.10 Å². The molecule has 0 aliphatic rings. The number of carbonyl (C=O) groups is 1. The second-order valence-corrected chi connectivity index (χ2v) is 5.76. The van der Waals surface area contributed by atoms with Crippen LogP contribution >= 0.6 is 0 Å². The van der Waals surface area contributed by atoms with Crippen LogP contribution in [0.15, 0.2) is 42.9 Å². The number of nitrogens with zero attached hydrogens (tertiary/aromatic N) is 2. The minimum Gasteiger partial charge on any atom is -0.311 e. The largest absolute Gasteiger partial charge is 0.311 e. The highest BCUT2D eigenvalue weighted by Gasteiger charge is 2.07. The van der Waals surface area contributed by atoms with Crippen LogP contribution in [0.3, 0.4) is 0 Å². The van der Waals surface area contributed by atoms with Gasteiger partial charge >= 0.3 is 0 Å². The third-order valence-electron chi connectivity index (χ3n) is 3.41. The first kappa shape index (κ1) is 14.3. The summed E-state index contributed by atoms with van der Waals surface area (Å²) in [7, 11) is 0. The number of fused-ring (bicyclic) bond motifs is 1. The van der Waals surface area contributed by atoms with Crippen LogP contribution in [-0.2, 0) is 4.79 Å². The lowest BCUT2D eigenvalue weighted by Crippen LogP contribution is -2.14. The molecular weight excluding hydrogens is 276 g/mol. The van der Waals surface area contributed by atoms with Gasteiger partial charge in [-0.1, -0.05) is 26.0 Å². The second-order valence-electron chi connectivity index (χ2n) is 5.76. The zero-order valence-electron chi connectivity index (χ0n) is 12.6. The number of anilines is 1. The number of aromatic nitrogens is 3. The quantitative estimate of drug-likeness (QED) is 0.772.